The Bertz CT molecular complexity index is 979. The van der Waals surface area contributed by atoms with Gasteiger partial charge in [0.1, 0.15) is 5.69 Å². The van der Waals surface area contributed by atoms with E-state index in [9.17, 15) is 23.3 Å². The van der Waals surface area contributed by atoms with Crippen molar-refractivity contribution in [3.63, 3.8) is 0 Å². The molecule has 0 aliphatic heterocycles. The average molecular weight is 426 g/mol. The number of halogens is 1. The highest BCUT2D eigenvalue weighted by Crippen LogP contribution is 2.27. The van der Waals surface area contributed by atoms with E-state index in [-0.39, 0.29) is 35.3 Å². The lowest BCUT2D eigenvalue weighted by atomic mass is 10.1. The van der Waals surface area contributed by atoms with E-state index in [1.807, 2.05) is 12.1 Å². The second-order valence-corrected chi connectivity index (χ2v) is 8.57. The molecular weight excluding hydrogens is 406 g/mol. The second-order valence-electron chi connectivity index (χ2n) is 6.11. The number of nitro groups is 1. The van der Waals surface area contributed by atoms with Crippen LogP contribution in [0.15, 0.2) is 47.4 Å². The fraction of sp³-hybridized carbons (Fsp3) is 0.278. The third-order valence-electron chi connectivity index (χ3n) is 3.89. The molecule has 2 rings (SSSR count). The maximum atomic E-state index is 11.9. The molecule has 0 spiro atoms. The Kier molecular flexibility index (Phi) is 7.36. The number of carbonyl (C=O) groups excluding carboxylic acids is 1. The molecule has 0 saturated heterocycles. The van der Waals surface area contributed by atoms with Crippen molar-refractivity contribution in [1.82, 2.24) is 5.32 Å². The Morgan fingerprint density at radius 1 is 1.18 bits per heavy atom. The molecule has 8 nitrogen and oxygen atoms in total. The number of sulfone groups is 1. The zero-order valence-electron chi connectivity index (χ0n) is 15.1. The summed E-state index contributed by atoms with van der Waals surface area (Å²) < 4.78 is 23.1. The quantitative estimate of drug-likeness (QED) is 0.362. The monoisotopic (exact) mass is 425 g/mol. The molecule has 0 unspecified atom stereocenters. The number of hydrogen-bond donors (Lipinski definition) is 2. The van der Waals surface area contributed by atoms with Crippen molar-refractivity contribution in [1.29, 1.82) is 0 Å². The van der Waals surface area contributed by atoms with E-state index < -0.39 is 14.8 Å². The number of rotatable bonds is 9. The van der Waals surface area contributed by atoms with Crippen LogP contribution in [0.4, 0.5) is 11.4 Å². The normalized spacial score (nSPS) is 11.1. The van der Waals surface area contributed by atoms with Crippen molar-refractivity contribution in [3.05, 3.63) is 63.2 Å². The van der Waals surface area contributed by atoms with Gasteiger partial charge in [0, 0.05) is 36.9 Å². The average Bonchev–Trinajstić information content (AvgIpc) is 2.62. The van der Waals surface area contributed by atoms with Gasteiger partial charge < -0.3 is 10.6 Å². The molecule has 0 aliphatic carbocycles. The number of amides is 1. The molecule has 2 N–H and O–H groups in total. The number of carbonyl (C=O) groups is 1. The maximum absolute atomic E-state index is 11.9. The highest BCUT2D eigenvalue weighted by molar-refractivity contribution is 7.90. The van der Waals surface area contributed by atoms with Crippen molar-refractivity contribution in [2.45, 2.75) is 17.7 Å². The van der Waals surface area contributed by atoms with Gasteiger partial charge >= 0.3 is 0 Å². The van der Waals surface area contributed by atoms with Gasteiger partial charge in [0.15, 0.2) is 9.84 Å². The standard InChI is InChI=1S/C18H20ClN3O5S/c1-28(26,27)15-6-7-16(17(12-15)22(24)25)20-9-10-21-18(23)8-5-13-3-2-4-14(19)11-13/h2-4,6-7,11-12,20H,5,8-10H2,1H3,(H,21,23). The smallest absolute Gasteiger partial charge is 0.293 e. The first-order valence-electron chi connectivity index (χ1n) is 8.40. The zero-order valence-corrected chi connectivity index (χ0v) is 16.7. The summed E-state index contributed by atoms with van der Waals surface area (Å²) in [6.45, 7) is 0.515. The zero-order chi connectivity index (χ0) is 20.7. The van der Waals surface area contributed by atoms with Crippen LogP contribution >= 0.6 is 11.6 Å². The number of anilines is 1. The van der Waals surface area contributed by atoms with E-state index in [4.69, 9.17) is 11.6 Å². The van der Waals surface area contributed by atoms with Crippen molar-refractivity contribution in [2.75, 3.05) is 24.7 Å². The molecule has 0 heterocycles. The molecule has 150 valence electrons. The molecule has 2 aromatic rings. The van der Waals surface area contributed by atoms with Crippen LogP contribution in [0.5, 0.6) is 0 Å². The molecule has 0 bridgehead atoms. The molecule has 28 heavy (non-hydrogen) atoms. The first-order valence-corrected chi connectivity index (χ1v) is 10.7. The SMILES string of the molecule is CS(=O)(=O)c1ccc(NCCNC(=O)CCc2cccc(Cl)c2)c([N+](=O)[O-])c1. The third-order valence-corrected chi connectivity index (χ3v) is 5.23. The number of nitro benzene ring substituents is 1. The van der Waals surface area contributed by atoms with E-state index in [2.05, 4.69) is 10.6 Å². The Labute approximate surface area is 168 Å². The first-order chi connectivity index (χ1) is 13.2. The van der Waals surface area contributed by atoms with Crippen LogP contribution in [-0.4, -0.2) is 38.6 Å². The number of nitrogens with one attached hydrogen (secondary N) is 2. The van der Waals surface area contributed by atoms with Gasteiger partial charge in [-0.1, -0.05) is 23.7 Å². The molecule has 0 saturated carbocycles. The van der Waals surface area contributed by atoms with Crippen LogP contribution in [0.2, 0.25) is 5.02 Å². The van der Waals surface area contributed by atoms with Crippen LogP contribution in [0.25, 0.3) is 0 Å². The summed E-state index contributed by atoms with van der Waals surface area (Å²) in [6, 6.07) is 10.9. The van der Waals surface area contributed by atoms with Gasteiger partial charge in [-0.05, 0) is 36.2 Å². The molecule has 0 radical (unpaired) electrons. The molecule has 0 fully saturated rings. The van der Waals surface area contributed by atoms with Crippen LogP contribution in [-0.2, 0) is 21.1 Å². The number of benzene rings is 2. The third kappa shape index (κ3) is 6.50. The van der Waals surface area contributed by atoms with Gasteiger partial charge in [-0.25, -0.2) is 8.42 Å². The summed E-state index contributed by atoms with van der Waals surface area (Å²) in [5.41, 5.74) is 0.808. The highest BCUT2D eigenvalue weighted by atomic mass is 35.5. The minimum Gasteiger partial charge on any atom is -0.378 e. The largest absolute Gasteiger partial charge is 0.378 e. The van der Waals surface area contributed by atoms with E-state index >= 15 is 0 Å². The second kappa shape index (κ2) is 9.52. The molecule has 0 aromatic heterocycles. The topological polar surface area (TPSA) is 118 Å². The van der Waals surface area contributed by atoms with Gasteiger partial charge in [-0.3, -0.25) is 14.9 Å². The van der Waals surface area contributed by atoms with Crippen molar-refractivity contribution < 1.29 is 18.1 Å². The number of hydrogen-bond acceptors (Lipinski definition) is 6. The van der Waals surface area contributed by atoms with E-state index in [0.717, 1.165) is 17.9 Å². The summed E-state index contributed by atoms with van der Waals surface area (Å²) in [5, 5.41) is 17.4. The van der Waals surface area contributed by atoms with Gasteiger partial charge in [-0.15, -0.1) is 0 Å². The van der Waals surface area contributed by atoms with E-state index in [0.29, 0.717) is 17.9 Å². The molecular formula is C18H20ClN3O5S. The van der Waals surface area contributed by atoms with E-state index in [1.165, 1.54) is 12.1 Å². The molecule has 0 aliphatic rings. The van der Waals surface area contributed by atoms with Crippen molar-refractivity contribution >= 4 is 38.7 Å². The summed E-state index contributed by atoms with van der Waals surface area (Å²) in [4.78, 5) is 22.3. The summed E-state index contributed by atoms with van der Waals surface area (Å²) in [5.74, 6) is -0.149. The minimum atomic E-state index is -3.54. The highest BCUT2D eigenvalue weighted by Gasteiger charge is 2.18. The summed E-state index contributed by atoms with van der Waals surface area (Å²) in [6.07, 6.45) is 1.83. The van der Waals surface area contributed by atoms with Crippen LogP contribution in [0.3, 0.4) is 0 Å². The van der Waals surface area contributed by atoms with Crippen molar-refractivity contribution in [3.8, 4) is 0 Å². The predicted octanol–water partition coefficient (Wildman–Crippen LogP) is 2.81. The van der Waals surface area contributed by atoms with Gasteiger partial charge in [0.25, 0.3) is 5.69 Å². The Hall–Kier alpha value is -2.65. The van der Waals surface area contributed by atoms with Crippen LogP contribution < -0.4 is 10.6 Å². The molecule has 1 amide bonds. The van der Waals surface area contributed by atoms with Crippen molar-refractivity contribution in [2.24, 2.45) is 0 Å². The number of aryl methyl sites for hydroxylation is 1. The predicted molar refractivity (Wildman–Crippen MR) is 107 cm³/mol. The lowest BCUT2D eigenvalue weighted by molar-refractivity contribution is -0.384. The van der Waals surface area contributed by atoms with Crippen LogP contribution in [0.1, 0.15) is 12.0 Å². The molecule has 2 aromatic carbocycles. The van der Waals surface area contributed by atoms with Crippen LogP contribution in [0, 0.1) is 10.1 Å². The van der Waals surface area contributed by atoms with Gasteiger partial charge in [0.05, 0.1) is 9.82 Å². The maximum Gasteiger partial charge on any atom is 0.293 e. The lowest BCUT2D eigenvalue weighted by Crippen LogP contribution is -2.29. The molecule has 10 heteroatoms. The van der Waals surface area contributed by atoms with Gasteiger partial charge in [-0.2, -0.15) is 0 Å². The Morgan fingerprint density at radius 2 is 1.93 bits per heavy atom. The molecule has 0 atom stereocenters. The summed E-state index contributed by atoms with van der Waals surface area (Å²) >= 11 is 5.90. The Morgan fingerprint density at radius 3 is 2.57 bits per heavy atom. The van der Waals surface area contributed by atoms with Gasteiger partial charge in [0.2, 0.25) is 5.91 Å². The minimum absolute atomic E-state index is 0.126. The van der Waals surface area contributed by atoms with E-state index in [1.54, 1.807) is 12.1 Å². The summed E-state index contributed by atoms with van der Waals surface area (Å²) in [7, 11) is -3.54. The first kappa shape index (κ1) is 21.6. The lowest BCUT2D eigenvalue weighted by Gasteiger charge is -2.09. The fourth-order valence-electron chi connectivity index (χ4n) is 2.48. The fourth-order valence-corrected chi connectivity index (χ4v) is 3.33. The Balaban J connectivity index is 1.84. The number of nitrogens with zero attached hydrogens (tertiary/aromatic N) is 1.